The Morgan fingerprint density at radius 2 is 1.97 bits per heavy atom. The molecule has 154 valence electrons. The van der Waals surface area contributed by atoms with E-state index in [0.29, 0.717) is 28.1 Å². The van der Waals surface area contributed by atoms with E-state index in [2.05, 4.69) is 10.6 Å². The predicted molar refractivity (Wildman–Crippen MR) is 110 cm³/mol. The topological polar surface area (TPSA) is 95.6 Å². The molecule has 4 rings (SSSR count). The maximum atomic E-state index is 12.8. The van der Waals surface area contributed by atoms with Gasteiger partial charge in [0, 0.05) is 29.1 Å². The van der Waals surface area contributed by atoms with E-state index in [1.54, 1.807) is 24.3 Å². The van der Waals surface area contributed by atoms with E-state index in [1.165, 1.54) is 4.90 Å². The van der Waals surface area contributed by atoms with Crippen molar-refractivity contribution in [3.8, 4) is 0 Å². The van der Waals surface area contributed by atoms with Gasteiger partial charge in [0.1, 0.15) is 6.04 Å². The number of hydrogen-bond acceptors (Lipinski definition) is 4. The molecule has 2 aliphatic heterocycles. The Morgan fingerprint density at radius 1 is 1.20 bits per heavy atom. The summed E-state index contributed by atoms with van der Waals surface area (Å²) in [7, 11) is 0. The van der Waals surface area contributed by atoms with Crippen LogP contribution in [0.3, 0.4) is 0 Å². The van der Waals surface area contributed by atoms with Gasteiger partial charge < -0.3 is 10.2 Å². The zero-order valence-corrected chi connectivity index (χ0v) is 17.0. The molecule has 7 nitrogen and oxygen atoms in total. The van der Waals surface area contributed by atoms with Gasteiger partial charge in [0.05, 0.1) is 6.04 Å². The van der Waals surface area contributed by atoms with Crippen LogP contribution in [0.1, 0.15) is 57.7 Å². The molecule has 4 amide bonds. The first-order chi connectivity index (χ1) is 14.3. The zero-order valence-electron chi connectivity index (χ0n) is 16.3. The largest absolute Gasteiger partial charge is 0.345 e. The molecule has 2 heterocycles. The van der Waals surface area contributed by atoms with Crippen molar-refractivity contribution in [1.82, 2.24) is 15.5 Å². The van der Waals surface area contributed by atoms with Gasteiger partial charge in [0.25, 0.3) is 11.8 Å². The van der Waals surface area contributed by atoms with Gasteiger partial charge in [0.2, 0.25) is 11.8 Å². The van der Waals surface area contributed by atoms with Crippen LogP contribution in [0.2, 0.25) is 5.02 Å². The number of rotatable bonds is 4. The second-order valence-electron chi connectivity index (χ2n) is 7.49. The first-order valence-corrected chi connectivity index (χ1v) is 10.1. The quantitative estimate of drug-likeness (QED) is 0.736. The predicted octanol–water partition coefficient (Wildman–Crippen LogP) is 2.59. The van der Waals surface area contributed by atoms with Gasteiger partial charge in [-0.1, -0.05) is 29.8 Å². The molecule has 2 aromatic carbocycles. The maximum absolute atomic E-state index is 12.8. The van der Waals surface area contributed by atoms with E-state index in [0.717, 1.165) is 5.56 Å². The highest BCUT2D eigenvalue weighted by Crippen LogP contribution is 2.28. The number of amides is 4. The summed E-state index contributed by atoms with van der Waals surface area (Å²) in [5.74, 6) is -1.33. The summed E-state index contributed by atoms with van der Waals surface area (Å²) in [4.78, 5) is 50.5. The highest BCUT2D eigenvalue weighted by Gasteiger charge is 2.39. The molecule has 0 aromatic heterocycles. The number of nitrogens with one attached hydrogen (secondary N) is 2. The first-order valence-electron chi connectivity index (χ1n) is 9.68. The lowest BCUT2D eigenvalue weighted by molar-refractivity contribution is -0.136. The fourth-order valence-electron chi connectivity index (χ4n) is 3.90. The van der Waals surface area contributed by atoms with Crippen molar-refractivity contribution in [2.45, 2.75) is 38.4 Å². The third-order valence-electron chi connectivity index (χ3n) is 5.51. The molecule has 1 fully saturated rings. The van der Waals surface area contributed by atoms with E-state index >= 15 is 0 Å². The van der Waals surface area contributed by atoms with Gasteiger partial charge in [-0.15, -0.1) is 0 Å². The molecule has 0 spiro atoms. The first kappa shape index (κ1) is 20.1. The lowest BCUT2D eigenvalue weighted by Gasteiger charge is -2.29. The standard InChI is InChI=1S/C22H20ClN3O4/c1-12(15-4-2-3-5-17(15)23)24-20(28)13-6-7-16-14(10-13)11-26(22(16)30)18-8-9-19(27)25-21(18)29/h2-7,10,12,18H,8-9,11H2,1H3,(H,24,28)(H,25,27,29)/t12-,18?/m0/s1. The third-order valence-corrected chi connectivity index (χ3v) is 5.85. The Bertz CT molecular complexity index is 1070. The lowest BCUT2D eigenvalue weighted by atomic mass is 10.0. The Hall–Kier alpha value is -3.19. The monoisotopic (exact) mass is 425 g/mol. The molecule has 2 aliphatic rings. The van der Waals surface area contributed by atoms with Crippen LogP contribution in [-0.4, -0.2) is 34.6 Å². The summed E-state index contributed by atoms with van der Waals surface area (Å²) < 4.78 is 0. The average molecular weight is 426 g/mol. The van der Waals surface area contributed by atoms with Crippen LogP contribution in [-0.2, 0) is 16.1 Å². The number of fused-ring (bicyclic) bond motifs is 1. The number of nitrogens with zero attached hydrogens (tertiary/aromatic N) is 1. The van der Waals surface area contributed by atoms with Crippen LogP contribution in [0, 0.1) is 0 Å². The fourth-order valence-corrected chi connectivity index (χ4v) is 4.20. The van der Waals surface area contributed by atoms with Crippen molar-refractivity contribution in [1.29, 1.82) is 0 Å². The lowest BCUT2D eigenvalue weighted by Crippen LogP contribution is -2.52. The van der Waals surface area contributed by atoms with Gasteiger partial charge in [-0.2, -0.15) is 0 Å². The normalized spacial score (nSPS) is 19.3. The molecule has 2 N–H and O–H groups in total. The number of imide groups is 1. The second-order valence-corrected chi connectivity index (χ2v) is 7.90. The van der Waals surface area contributed by atoms with Crippen LogP contribution in [0.4, 0.5) is 0 Å². The van der Waals surface area contributed by atoms with Crippen LogP contribution >= 0.6 is 11.6 Å². The van der Waals surface area contributed by atoms with Crippen molar-refractivity contribution in [3.05, 3.63) is 69.7 Å². The molecule has 2 aromatic rings. The molecule has 0 saturated carbocycles. The van der Waals surface area contributed by atoms with Crippen LogP contribution in [0.15, 0.2) is 42.5 Å². The minimum Gasteiger partial charge on any atom is -0.345 e. The SMILES string of the molecule is C[C@H](NC(=O)c1ccc2c(c1)CN(C1CCC(=O)NC1=O)C2=O)c1ccccc1Cl. The molecule has 1 saturated heterocycles. The number of benzene rings is 2. The van der Waals surface area contributed by atoms with E-state index < -0.39 is 11.9 Å². The van der Waals surface area contributed by atoms with Crippen molar-refractivity contribution in [3.63, 3.8) is 0 Å². The third kappa shape index (κ3) is 3.68. The molecular formula is C22H20ClN3O4. The van der Waals surface area contributed by atoms with Crippen molar-refractivity contribution < 1.29 is 19.2 Å². The Balaban J connectivity index is 1.50. The van der Waals surface area contributed by atoms with Gasteiger partial charge in [-0.3, -0.25) is 24.5 Å². The Kier molecular flexibility index (Phi) is 5.30. The van der Waals surface area contributed by atoms with Gasteiger partial charge in [0.15, 0.2) is 0 Å². The average Bonchev–Trinajstić information content (AvgIpc) is 3.04. The van der Waals surface area contributed by atoms with E-state index in [1.807, 2.05) is 25.1 Å². The van der Waals surface area contributed by atoms with Gasteiger partial charge in [-0.25, -0.2) is 0 Å². The number of carbonyl (C=O) groups is 4. The molecule has 0 aliphatic carbocycles. The molecule has 0 radical (unpaired) electrons. The maximum Gasteiger partial charge on any atom is 0.255 e. The second kappa shape index (κ2) is 7.91. The van der Waals surface area contributed by atoms with Crippen LogP contribution in [0.5, 0.6) is 0 Å². The Morgan fingerprint density at radius 3 is 2.70 bits per heavy atom. The fraction of sp³-hybridized carbons (Fsp3) is 0.273. The number of hydrogen-bond donors (Lipinski definition) is 2. The molecule has 30 heavy (non-hydrogen) atoms. The van der Waals surface area contributed by atoms with Crippen molar-refractivity contribution in [2.75, 3.05) is 0 Å². The van der Waals surface area contributed by atoms with Gasteiger partial charge in [-0.05, 0) is 48.7 Å². The highest BCUT2D eigenvalue weighted by atomic mass is 35.5. The minimum absolute atomic E-state index is 0.199. The molecule has 1 unspecified atom stereocenters. The Labute approximate surface area is 178 Å². The highest BCUT2D eigenvalue weighted by molar-refractivity contribution is 6.31. The van der Waals surface area contributed by atoms with Crippen molar-refractivity contribution in [2.24, 2.45) is 0 Å². The molecule has 0 bridgehead atoms. The number of carbonyl (C=O) groups excluding carboxylic acids is 4. The smallest absolute Gasteiger partial charge is 0.255 e. The summed E-state index contributed by atoms with van der Waals surface area (Å²) in [6.07, 6.45) is 0.497. The summed E-state index contributed by atoms with van der Waals surface area (Å²) in [6.45, 7) is 2.07. The van der Waals surface area contributed by atoms with Crippen molar-refractivity contribution >= 4 is 35.2 Å². The molecule has 2 atom stereocenters. The summed E-state index contributed by atoms with van der Waals surface area (Å²) >= 11 is 6.20. The number of piperidine rings is 1. The zero-order chi connectivity index (χ0) is 21.4. The van der Waals surface area contributed by atoms with E-state index in [4.69, 9.17) is 11.6 Å². The summed E-state index contributed by atoms with van der Waals surface area (Å²) in [5, 5.41) is 5.77. The van der Waals surface area contributed by atoms with E-state index in [9.17, 15) is 19.2 Å². The molecular weight excluding hydrogens is 406 g/mol. The van der Waals surface area contributed by atoms with Crippen LogP contribution < -0.4 is 10.6 Å². The van der Waals surface area contributed by atoms with Gasteiger partial charge >= 0.3 is 0 Å². The molecule has 8 heteroatoms. The van der Waals surface area contributed by atoms with Crippen LogP contribution in [0.25, 0.3) is 0 Å². The van der Waals surface area contributed by atoms with E-state index in [-0.39, 0.29) is 36.7 Å². The number of halogens is 1. The summed E-state index contributed by atoms with van der Waals surface area (Å²) in [6, 6.07) is 11.2. The summed E-state index contributed by atoms with van der Waals surface area (Å²) in [5.41, 5.74) is 2.39. The minimum atomic E-state index is -0.680.